The van der Waals surface area contributed by atoms with Crippen LogP contribution >= 0.6 is 0 Å². The maximum Gasteiger partial charge on any atom is 0.503 e. The van der Waals surface area contributed by atoms with Crippen molar-refractivity contribution in [1.82, 2.24) is 0 Å². The van der Waals surface area contributed by atoms with Gasteiger partial charge in [0.25, 0.3) is 0 Å². The molecule has 0 bridgehead atoms. The van der Waals surface area contributed by atoms with Gasteiger partial charge in [-0.2, -0.15) is 0 Å². The van der Waals surface area contributed by atoms with E-state index in [-0.39, 0.29) is 34.1 Å². The third-order valence-electron chi connectivity index (χ3n) is 0. The molecule has 0 aliphatic rings. The third-order valence-corrected chi connectivity index (χ3v) is 0. The number of hydrogen-bond donors (Lipinski definition) is 4. The van der Waals surface area contributed by atoms with Crippen LogP contribution in [0.4, 0.5) is 9.59 Å². The van der Waals surface area contributed by atoms with Gasteiger partial charge in [-0.05, 0) is 0 Å². The summed E-state index contributed by atoms with van der Waals surface area (Å²) in [6, 6.07) is 0. The molecule has 0 aromatic heterocycles. The Morgan fingerprint density at radius 2 is 0.700 bits per heavy atom. The van der Waals surface area contributed by atoms with Gasteiger partial charge in [0.15, 0.2) is 0 Å². The molecule has 0 saturated carbocycles. The van der Waals surface area contributed by atoms with Crippen LogP contribution in [0, 0.1) is 0 Å². The summed E-state index contributed by atoms with van der Waals surface area (Å²) in [7, 11) is 0. The van der Waals surface area contributed by atoms with Gasteiger partial charge in [-0.15, -0.1) is 0 Å². The predicted molar refractivity (Wildman–Crippen MR) is 21.3 cm³/mol. The second-order valence-electron chi connectivity index (χ2n) is 0.565. The van der Waals surface area contributed by atoms with Crippen molar-refractivity contribution < 1.29 is 64.2 Å². The number of rotatable bonds is 0. The molecular weight excluding hydrogens is 230 g/mol. The Bertz CT molecular complexity index is 71.7. The molecule has 6 nitrogen and oxygen atoms in total. The molecule has 2 radical (unpaired) electrons. The first-order valence-electron chi connectivity index (χ1n) is 1.30. The average molecular weight is 234 g/mol. The van der Waals surface area contributed by atoms with Gasteiger partial charge in [0.2, 0.25) is 0 Å². The number of carboxylic acid groups (broad SMARTS) is 4. The van der Waals surface area contributed by atoms with Crippen molar-refractivity contribution in [3.63, 3.8) is 0 Å². The first-order chi connectivity index (χ1) is 3.46. The third kappa shape index (κ3) is 1850. The van der Waals surface area contributed by atoms with Gasteiger partial charge in [0, 0.05) is 34.1 Å². The minimum atomic E-state index is -1.83. The van der Waals surface area contributed by atoms with Crippen LogP contribution in [0.25, 0.3) is 0 Å². The van der Waals surface area contributed by atoms with Gasteiger partial charge >= 0.3 is 12.3 Å². The molecule has 8 heteroatoms. The summed E-state index contributed by atoms with van der Waals surface area (Å²) in [6.07, 6.45) is -3.67. The Morgan fingerprint density at radius 3 is 0.700 bits per heavy atom. The molecule has 10 heavy (non-hydrogen) atoms. The number of hydrogen-bond acceptors (Lipinski definition) is 2. The molecular formula is C2H4Mn2O6. The molecule has 0 saturated heterocycles. The Hall–Kier alpha value is -0.421. The summed E-state index contributed by atoms with van der Waals surface area (Å²) < 4.78 is 0. The second kappa shape index (κ2) is 15.8. The van der Waals surface area contributed by atoms with Gasteiger partial charge < -0.3 is 20.4 Å². The topological polar surface area (TPSA) is 115 Å². The Labute approximate surface area is 76.8 Å². The van der Waals surface area contributed by atoms with E-state index < -0.39 is 12.3 Å². The van der Waals surface area contributed by atoms with Crippen LogP contribution in [0.1, 0.15) is 0 Å². The fraction of sp³-hybridized carbons (Fsp3) is 0. The molecule has 0 aliphatic heterocycles. The van der Waals surface area contributed by atoms with Crippen molar-refractivity contribution in [2.45, 2.75) is 0 Å². The summed E-state index contributed by atoms with van der Waals surface area (Å²) in [4.78, 5) is 17.1. The van der Waals surface area contributed by atoms with E-state index in [2.05, 4.69) is 0 Å². The van der Waals surface area contributed by atoms with E-state index >= 15 is 0 Å². The van der Waals surface area contributed by atoms with Crippen molar-refractivity contribution >= 4 is 12.3 Å². The maximum atomic E-state index is 8.56. The molecule has 0 aromatic rings. The van der Waals surface area contributed by atoms with Crippen LogP contribution in [0.15, 0.2) is 0 Å². The summed E-state index contributed by atoms with van der Waals surface area (Å²) in [5.41, 5.74) is 0. The zero-order chi connectivity index (χ0) is 7.15. The first-order valence-corrected chi connectivity index (χ1v) is 1.30. The molecule has 0 rings (SSSR count). The molecule has 0 aromatic carbocycles. The molecule has 0 fully saturated rings. The van der Waals surface area contributed by atoms with Gasteiger partial charge in [0.1, 0.15) is 0 Å². The monoisotopic (exact) mass is 234 g/mol. The van der Waals surface area contributed by atoms with Crippen LogP contribution in [0.3, 0.4) is 0 Å². The van der Waals surface area contributed by atoms with Crippen molar-refractivity contribution in [3.05, 3.63) is 0 Å². The smallest absolute Gasteiger partial charge is 0.450 e. The van der Waals surface area contributed by atoms with Crippen LogP contribution in [-0.4, -0.2) is 32.7 Å². The van der Waals surface area contributed by atoms with Gasteiger partial charge in [-0.1, -0.05) is 0 Å². The van der Waals surface area contributed by atoms with Crippen LogP contribution < -0.4 is 0 Å². The largest absolute Gasteiger partial charge is 0.503 e. The summed E-state index contributed by atoms with van der Waals surface area (Å²) in [6.45, 7) is 0. The van der Waals surface area contributed by atoms with E-state index in [0.717, 1.165) is 0 Å². The van der Waals surface area contributed by atoms with Crippen molar-refractivity contribution in [2.24, 2.45) is 0 Å². The first kappa shape index (κ1) is 22.7. The molecule has 0 spiro atoms. The Kier molecular flexibility index (Phi) is 35.9. The molecule has 0 unspecified atom stereocenters. The fourth-order valence-corrected chi connectivity index (χ4v) is 0. The van der Waals surface area contributed by atoms with E-state index in [4.69, 9.17) is 30.0 Å². The zero-order valence-electron chi connectivity index (χ0n) is 4.36. The summed E-state index contributed by atoms with van der Waals surface area (Å²) in [5.74, 6) is 0. The van der Waals surface area contributed by atoms with E-state index in [9.17, 15) is 0 Å². The van der Waals surface area contributed by atoms with Crippen molar-refractivity contribution in [2.75, 3.05) is 0 Å². The quantitative estimate of drug-likeness (QED) is 0.452. The molecule has 62 valence electrons. The average Bonchev–Trinajstić information content (AvgIpc) is 1.25. The Morgan fingerprint density at radius 1 is 0.700 bits per heavy atom. The molecule has 0 aliphatic carbocycles. The second-order valence-corrected chi connectivity index (χ2v) is 0.565. The standard InChI is InChI=1S/2CH2O3.2Mn/c2*2-1(3)4;;/h2*(H2,2,3,4);;. The minimum Gasteiger partial charge on any atom is -0.450 e. The normalized spacial score (nSPS) is 4.80. The number of carbonyl (C=O) groups is 2. The van der Waals surface area contributed by atoms with Gasteiger partial charge in [-0.25, -0.2) is 9.59 Å². The van der Waals surface area contributed by atoms with E-state index in [1.165, 1.54) is 0 Å². The van der Waals surface area contributed by atoms with Crippen LogP contribution in [-0.2, 0) is 34.1 Å². The summed E-state index contributed by atoms with van der Waals surface area (Å²) in [5, 5.41) is 27.9. The van der Waals surface area contributed by atoms with E-state index in [1.807, 2.05) is 0 Å². The van der Waals surface area contributed by atoms with Crippen LogP contribution in [0.5, 0.6) is 0 Å². The van der Waals surface area contributed by atoms with E-state index in [0.29, 0.717) is 0 Å². The van der Waals surface area contributed by atoms with Crippen LogP contribution in [0.2, 0.25) is 0 Å². The van der Waals surface area contributed by atoms with Crippen molar-refractivity contribution in [1.29, 1.82) is 0 Å². The minimum absolute atomic E-state index is 0. The van der Waals surface area contributed by atoms with Gasteiger partial charge in [-0.3, -0.25) is 0 Å². The predicted octanol–water partition coefficient (Wildman–Crippen LogP) is 0.440. The molecule has 0 amide bonds. The fourth-order valence-electron chi connectivity index (χ4n) is 0. The molecule has 0 heterocycles. The maximum absolute atomic E-state index is 8.56. The van der Waals surface area contributed by atoms with E-state index in [1.54, 1.807) is 0 Å². The van der Waals surface area contributed by atoms with Crippen molar-refractivity contribution in [3.8, 4) is 0 Å². The molecule has 4 N–H and O–H groups in total. The Balaban J connectivity index is -0.0000000300. The SMILES string of the molecule is O=C(O)O.O=C(O)O.[Mn].[Mn]. The zero-order valence-corrected chi connectivity index (χ0v) is 6.72. The summed E-state index contributed by atoms with van der Waals surface area (Å²) >= 11 is 0. The molecule has 0 atom stereocenters. The van der Waals surface area contributed by atoms with Gasteiger partial charge in [0.05, 0.1) is 0 Å².